The van der Waals surface area contributed by atoms with Crippen molar-refractivity contribution in [2.75, 3.05) is 11.1 Å². The first-order valence-corrected chi connectivity index (χ1v) is 7.26. The zero-order valence-electron chi connectivity index (χ0n) is 11.8. The first kappa shape index (κ1) is 12.9. The topological polar surface area (TPSA) is 63.8 Å². The molecule has 3 rings (SSSR count). The summed E-state index contributed by atoms with van der Waals surface area (Å²) in [5.41, 5.74) is 11.0. The zero-order valence-corrected chi connectivity index (χ0v) is 11.8. The van der Waals surface area contributed by atoms with Gasteiger partial charge in [-0.2, -0.15) is 0 Å². The molecule has 0 radical (unpaired) electrons. The number of aryl methyl sites for hydroxylation is 1. The largest absolute Gasteiger partial charge is 0.383 e. The van der Waals surface area contributed by atoms with Crippen LogP contribution in [0.2, 0.25) is 0 Å². The number of anilines is 3. The summed E-state index contributed by atoms with van der Waals surface area (Å²) in [5.74, 6) is 1.40. The van der Waals surface area contributed by atoms with Crippen LogP contribution in [0.5, 0.6) is 0 Å². The van der Waals surface area contributed by atoms with Gasteiger partial charge >= 0.3 is 0 Å². The summed E-state index contributed by atoms with van der Waals surface area (Å²) in [6, 6.07) is 6.47. The molecule has 20 heavy (non-hydrogen) atoms. The van der Waals surface area contributed by atoms with E-state index in [-0.39, 0.29) is 0 Å². The molecule has 3 N–H and O–H groups in total. The van der Waals surface area contributed by atoms with Crippen LogP contribution in [0.4, 0.5) is 17.3 Å². The number of rotatable bonds is 3. The highest BCUT2D eigenvalue weighted by Crippen LogP contribution is 2.31. The number of nitrogens with one attached hydrogen (secondary N) is 1. The smallest absolute Gasteiger partial charge is 0.139 e. The molecule has 104 valence electrons. The van der Waals surface area contributed by atoms with E-state index in [4.69, 9.17) is 5.73 Å². The maximum absolute atomic E-state index is 5.93. The summed E-state index contributed by atoms with van der Waals surface area (Å²) < 4.78 is 0. The third-order valence-corrected chi connectivity index (χ3v) is 3.98. The Bertz CT molecular complexity index is 622. The van der Waals surface area contributed by atoms with Crippen LogP contribution < -0.4 is 11.1 Å². The van der Waals surface area contributed by atoms with E-state index < -0.39 is 0 Å². The number of benzene rings is 1. The van der Waals surface area contributed by atoms with Crippen molar-refractivity contribution in [3.05, 3.63) is 41.2 Å². The fourth-order valence-electron chi connectivity index (χ4n) is 2.91. The van der Waals surface area contributed by atoms with Crippen molar-refractivity contribution < 1.29 is 0 Å². The van der Waals surface area contributed by atoms with Crippen molar-refractivity contribution in [2.24, 2.45) is 0 Å². The van der Waals surface area contributed by atoms with Gasteiger partial charge in [0.15, 0.2) is 0 Å². The molecule has 0 saturated heterocycles. The van der Waals surface area contributed by atoms with Crippen LogP contribution in [0.25, 0.3) is 0 Å². The van der Waals surface area contributed by atoms with Gasteiger partial charge < -0.3 is 11.1 Å². The van der Waals surface area contributed by atoms with Crippen molar-refractivity contribution in [1.29, 1.82) is 0 Å². The van der Waals surface area contributed by atoms with Gasteiger partial charge in [-0.05, 0) is 49.3 Å². The fourth-order valence-corrected chi connectivity index (χ4v) is 2.91. The molecule has 1 aliphatic carbocycles. The maximum atomic E-state index is 5.93. The van der Waals surface area contributed by atoms with Crippen LogP contribution in [0, 0.1) is 0 Å². The van der Waals surface area contributed by atoms with Crippen molar-refractivity contribution >= 4 is 17.3 Å². The monoisotopic (exact) mass is 268 g/mol. The molecule has 0 saturated carbocycles. The predicted molar refractivity (Wildman–Crippen MR) is 82.2 cm³/mol. The standard InChI is InChI=1S/C16H20N4/c1-2-12-15(17)18-10-19-16(12)20-14-9-5-7-11-6-3-4-8-13(11)14/h5,7,9-10H,2-4,6,8H2,1H3,(H3,17,18,19,20). The lowest BCUT2D eigenvalue weighted by molar-refractivity contribution is 0.687. The summed E-state index contributed by atoms with van der Waals surface area (Å²) >= 11 is 0. The molecule has 0 bridgehead atoms. The molecule has 0 amide bonds. The molecular weight excluding hydrogens is 248 g/mol. The number of nitrogens with two attached hydrogens (primary N) is 1. The quantitative estimate of drug-likeness (QED) is 0.897. The minimum Gasteiger partial charge on any atom is -0.383 e. The minimum absolute atomic E-state index is 0.565. The van der Waals surface area contributed by atoms with Gasteiger partial charge in [-0.3, -0.25) is 0 Å². The third kappa shape index (κ3) is 2.33. The Labute approximate surface area is 119 Å². The van der Waals surface area contributed by atoms with Gasteiger partial charge in [-0.25, -0.2) is 9.97 Å². The van der Waals surface area contributed by atoms with Crippen LogP contribution in [0.1, 0.15) is 36.5 Å². The Morgan fingerprint density at radius 1 is 1.20 bits per heavy atom. The van der Waals surface area contributed by atoms with Gasteiger partial charge in [-0.1, -0.05) is 19.1 Å². The van der Waals surface area contributed by atoms with Gasteiger partial charge in [0.25, 0.3) is 0 Å². The molecule has 0 aliphatic heterocycles. The van der Waals surface area contributed by atoms with Crippen molar-refractivity contribution in [1.82, 2.24) is 9.97 Å². The first-order valence-electron chi connectivity index (χ1n) is 7.26. The van der Waals surface area contributed by atoms with E-state index >= 15 is 0 Å². The average molecular weight is 268 g/mol. The summed E-state index contributed by atoms with van der Waals surface area (Å²) in [5, 5.41) is 3.46. The Hall–Kier alpha value is -2.10. The molecule has 0 fully saturated rings. The molecule has 0 unspecified atom stereocenters. The number of nitrogens with zero attached hydrogens (tertiary/aromatic N) is 2. The van der Waals surface area contributed by atoms with Gasteiger partial charge in [-0.15, -0.1) is 0 Å². The van der Waals surface area contributed by atoms with E-state index in [1.807, 2.05) is 0 Å². The van der Waals surface area contributed by atoms with E-state index in [0.29, 0.717) is 5.82 Å². The summed E-state index contributed by atoms with van der Waals surface area (Å²) in [6.07, 6.45) is 7.21. The Morgan fingerprint density at radius 3 is 2.90 bits per heavy atom. The number of aromatic nitrogens is 2. The second kappa shape index (κ2) is 5.49. The van der Waals surface area contributed by atoms with Crippen LogP contribution in [0.15, 0.2) is 24.5 Å². The van der Waals surface area contributed by atoms with Crippen LogP contribution in [-0.4, -0.2) is 9.97 Å². The van der Waals surface area contributed by atoms with E-state index in [1.165, 1.54) is 36.7 Å². The molecule has 4 nitrogen and oxygen atoms in total. The van der Waals surface area contributed by atoms with Crippen LogP contribution in [0.3, 0.4) is 0 Å². The van der Waals surface area contributed by atoms with Gasteiger partial charge in [0, 0.05) is 11.3 Å². The molecule has 2 aromatic rings. The highest BCUT2D eigenvalue weighted by atomic mass is 15.0. The van der Waals surface area contributed by atoms with E-state index in [1.54, 1.807) is 0 Å². The number of nitrogen functional groups attached to an aromatic ring is 1. The maximum Gasteiger partial charge on any atom is 0.139 e. The molecular formula is C16H20N4. The van der Waals surface area contributed by atoms with Crippen molar-refractivity contribution in [3.63, 3.8) is 0 Å². The van der Waals surface area contributed by atoms with Gasteiger partial charge in [0.05, 0.1) is 0 Å². The molecule has 1 aliphatic rings. The van der Waals surface area contributed by atoms with Crippen molar-refractivity contribution in [2.45, 2.75) is 39.0 Å². The Kier molecular flexibility index (Phi) is 3.54. The highest BCUT2D eigenvalue weighted by Gasteiger charge is 2.14. The zero-order chi connectivity index (χ0) is 13.9. The van der Waals surface area contributed by atoms with E-state index in [9.17, 15) is 0 Å². The van der Waals surface area contributed by atoms with Crippen LogP contribution in [-0.2, 0) is 19.3 Å². The van der Waals surface area contributed by atoms with Gasteiger partial charge in [0.2, 0.25) is 0 Å². The molecule has 0 spiro atoms. The summed E-state index contributed by atoms with van der Waals surface area (Å²) in [7, 11) is 0. The lowest BCUT2D eigenvalue weighted by atomic mass is 9.90. The first-order chi connectivity index (χ1) is 9.79. The fraction of sp³-hybridized carbons (Fsp3) is 0.375. The third-order valence-electron chi connectivity index (χ3n) is 3.98. The Morgan fingerprint density at radius 2 is 2.05 bits per heavy atom. The summed E-state index contributed by atoms with van der Waals surface area (Å²) in [4.78, 5) is 8.42. The molecule has 1 aromatic carbocycles. The lowest BCUT2D eigenvalue weighted by Crippen LogP contribution is -2.09. The molecule has 0 atom stereocenters. The SMILES string of the molecule is CCc1c(N)ncnc1Nc1cccc2c1CCCC2. The van der Waals surface area contributed by atoms with Crippen LogP contribution >= 0.6 is 0 Å². The normalized spacial score (nSPS) is 13.8. The lowest BCUT2D eigenvalue weighted by Gasteiger charge is -2.20. The number of fused-ring (bicyclic) bond motifs is 1. The second-order valence-electron chi connectivity index (χ2n) is 5.21. The molecule has 4 heteroatoms. The molecule has 1 aromatic heterocycles. The Balaban J connectivity index is 1.98. The number of hydrogen-bond acceptors (Lipinski definition) is 4. The summed E-state index contributed by atoms with van der Waals surface area (Å²) in [6.45, 7) is 2.07. The van der Waals surface area contributed by atoms with E-state index in [2.05, 4.69) is 40.4 Å². The highest BCUT2D eigenvalue weighted by molar-refractivity contribution is 5.67. The number of hydrogen-bond donors (Lipinski definition) is 2. The van der Waals surface area contributed by atoms with Gasteiger partial charge in [0.1, 0.15) is 18.0 Å². The predicted octanol–water partition coefficient (Wildman–Crippen LogP) is 3.24. The van der Waals surface area contributed by atoms with Crippen molar-refractivity contribution in [3.8, 4) is 0 Å². The molecule has 1 heterocycles. The average Bonchev–Trinajstić information content (AvgIpc) is 2.48. The van der Waals surface area contributed by atoms with E-state index in [0.717, 1.165) is 29.9 Å². The second-order valence-corrected chi connectivity index (χ2v) is 5.21. The minimum atomic E-state index is 0.565.